The lowest BCUT2D eigenvalue weighted by Crippen LogP contribution is -2.41. The quantitative estimate of drug-likeness (QED) is 0.177. The minimum absolute atomic E-state index is 0.232. The fraction of sp³-hybridized carbons (Fsp3) is 0.611. The summed E-state index contributed by atoms with van der Waals surface area (Å²) in [5.74, 6) is 0. The summed E-state index contributed by atoms with van der Waals surface area (Å²) in [6.45, 7) is 18.9. The number of sulfonamides is 1. The molecule has 2 amide bonds. The third-order valence-electron chi connectivity index (χ3n) is 7.02. The number of nitrogens with zero attached hydrogens (tertiary/aromatic N) is 2. The molecule has 0 saturated carbocycles. The SMILES string of the molecule is Cc1cc(C)c(S(=O)(=O)N(CCCCOCc2ccccc2)CCCN(CCCNC(=O)OC(C)(C)C)C(=O)OC(C)(C)C)c(C)c1. The van der Waals surface area contributed by atoms with Crippen LogP contribution in [-0.2, 0) is 30.8 Å². The van der Waals surface area contributed by atoms with Crippen LogP contribution in [-0.4, -0.2) is 80.3 Å². The monoisotopic (exact) mass is 675 g/mol. The van der Waals surface area contributed by atoms with Crippen molar-refractivity contribution >= 4 is 22.2 Å². The molecule has 11 heteroatoms. The van der Waals surface area contributed by atoms with Gasteiger partial charge in [0.15, 0.2) is 0 Å². The fourth-order valence-electron chi connectivity index (χ4n) is 5.14. The molecule has 0 heterocycles. The number of rotatable bonds is 17. The molecule has 2 rings (SSSR count). The van der Waals surface area contributed by atoms with Crippen LogP contribution >= 0.6 is 0 Å². The lowest BCUT2D eigenvalue weighted by molar-refractivity contribution is 0.0244. The van der Waals surface area contributed by atoms with Gasteiger partial charge in [-0.15, -0.1) is 0 Å². The van der Waals surface area contributed by atoms with Crippen molar-refractivity contribution in [3.63, 3.8) is 0 Å². The van der Waals surface area contributed by atoms with Crippen LogP contribution in [0.15, 0.2) is 47.4 Å². The van der Waals surface area contributed by atoms with Crippen molar-refractivity contribution in [1.82, 2.24) is 14.5 Å². The summed E-state index contributed by atoms with van der Waals surface area (Å²) in [4.78, 5) is 27.1. The van der Waals surface area contributed by atoms with E-state index in [1.165, 1.54) is 4.31 Å². The van der Waals surface area contributed by atoms with Crippen LogP contribution in [0.4, 0.5) is 9.59 Å². The summed E-state index contributed by atoms with van der Waals surface area (Å²) in [6.07, 6.45) is 1.22. The van der Waals surface area contributed by atoms with Gasteiger partial charge in [-0.3, -0.25) is 0 Å². The third-order valence-corrected chi connectivity index (χ3v) is 9.23. The van der Waals surface area contributed by atoms with Gasteiger partial charge in [0.05, 0.1) is 11.5 Å². The highest BCUT2D eigenvalue weighted by Gasteiger charge is 2.28. The molecule has 47 heavy (non-hydrogen) atoms. The normalized spacial score (nSPS) is 12.2. The fourth-order valence-corrected chi connectivity index (χ4v) is 7.07. The van der Waals surface area contributed by atoms with Crippen molar-refractivity contribution in [2.75, 3.05) is 39.3 Å². The second-order valence-corrected chi connectivity index (χ2v) is 15.9. The first-order valence-corrected chi connectivity index (χ1v) is 18.0. The average Bonchev–Trinajstić information content (AvgIpc) is 2.92. The molecule has 0 aromatic heterocycles. The Labute approximate surface area is 283 Å². The summed E-state index contributed by atoms with van der Waals surface area (Å²) in [5, 5.41) is 2.72. The molecule has 0 aliphatic carbocycles. The highest BCUT2D eigenvalue weighted by molar-refractivity contribution is 7.89. The molecular formula is C36H57N3O7S. The van der Waals surface area contributed by atoms with Crippen molar-refractivity contribution in [3.8, 4) is 0 Å². The van der Waals surface area contributed by atoms with E-state index in [0.717, 1.165) is 11.1 Å². The molecule has 0 aliphatic rings. The maximum Gasteiger partial charge on any atom is 0.410 e. The molecule has 0 bridgehead atoms. The molecule has 264 valence electrons. The van der Waals surface area contributed by atoms with Crippen molar-refractivity contribution < 1.29 is 32.2 Å². The molecule has 10 nitrogen and oxygen atoms in total. The maximum absolute atomic E-state index is 14.1. The number of unbranched alkanes of at least 4 members (excludes halogenated alkanes) is 1. The number of carbonyl (C=O) groups is 2. The molecule has 0 radical (unpaired) electrons. The predicted molar refractivity (Wildman–Crippen MR) is 186 cm³/mol. The van der Waals surface area contributed by atoms with Crippen LogP contribution in [0.1, 0.15) is 89.5 Å². The van der Waals surface area contributed by atoms with Crippen molar-refractivity contribution in [2.24, 2.45) is 0 Å². The van der Waals surface area contributed by atoms with E-state index in [1.807, 2.05) is 63.2 Å². The van der Waals surface area contributed by atoms with Crippen LogP contribution in [0, 0.1) is 20.8 Å². The molecule has 0 saturated heterocycles. The molecule has 2 aromatic rings. The van der Waals surface area contributed by atoms with Crippen LogP contribution < -0.4 is 5.32 Å². The Morgan fingerprint density at radius 3 is 1.94 bits per heavy atom. The number of ether oxygens (including phenoxy) is 3. The first-order valence-electron chi connectivity index (χ1n) is 16.5. The van der Waals surface area contributed by atoms with E-state index in [2.05, 4.69) is 5.32 Å². The second-order valence-electron chi connectivity index (χ2n) is 14.0. The Morgan fingerprint density at radius 1 is 0.766 bits per heavy atom. The molecule has 0 aliphatic heterocycles. The third kappa shape index (κ3) is 15.1. The zero-order chi connectivity index (χ0) is 35.3. The van der Waals surface area contributed by atoms with Crippen molar-refractivity contribution in [1.29, 1.82) is 0 Å². The van der Waals surface area contributed by atoms with Crippen LogP contribution in [0.25, 0.3) is 0 Å². The lowest BCUT2D eigenvalue weighted by atomic mass is 10.1. The van der Waals surface area contributed by atoms with Crippen LogP contribution in [0.5, 0.6) is 0 Å². The van der Waals surface area contributed by atoms with E-state index in [9.17, 15) is 18.0 Å². The summed E-state index contributed by atoms with van der Waals surface area (Å²) in [6, 6.07) is 13.7. The smallest absolute Gasteiger partial charge is 0.410 e. The Hall–Kier alpha value is -3.15. The van der Waals surface area contributed by atoms with Gasteiger partial charge in [0.25, 0.3) is 0 Å². The number of aryl methyl sites for hydroxylation is 3. The van der Waals surface area contributed by atoms with Gasteiger partial charge in [-0.05, 0) is 105 Å². The van der Waals surface area contributed by atoms with Gasteiger partial charge in [-0.25, -0.2) is 18.0 Å². The standard InChI is InChI=1S/C36H57N3O7S/c1-28-25-29(2)32(30(3)26-28)47(42,43)39(22-13-14-24-44-27-31-17-11-10-12-18-31)23-16-21-38(34(41)46-36(7,8)9)20-15-19-37-33(40)45-35(4,5)6/h10-12,17-18,25-26H,13-16,19-24,27H2,1-9H3,(H,37,40). The zero-order valence-electron chi connectivity index (χ0n) is 30.0. The van der Waals surface area contributed by atoms with E-state index >= 15 is 0 Å². The second kappa shape index (κ2) is 18.4. The lowest BCUT2D eigenvalue weighted by Gasteiger charge is -2.29. The van der Waals surface area contributed by atoms with Crippen molar-refractivity contribution in [3.05, 3.63) is 64.7 Å². The van der Waals surface area contributed by atoms with E-state index < -0.39 is 33.4 Å². The highest BCUT2D eigenvalue weighted by Crippen LogP contribution is 2.26. The molecule has 1 N–H and O–H groups in total. The minimum atomic E-state index is -3.81. The highest BCUT2D eigenvalue weighted by atomic mass is 32.2. The van der Waals surface area contributed by atoms with Gasteiger partial charge in [-0.1, -0.05) is 48.0 Å². The average molecular weight is 676 g/mol. The van der Waals surface area contributed by atoms with E-state index in [0.29, 0.717) is 81.1 Å². The molecule has 0 fully saturated rings. The van der Waals surface area contributed by atoms with Crippen LogP contribution in [0.2, 0.25) is 0 Å². The van der Waals surface area contributed by atoms with Crippen molar-refractivity contribution in [2.45, 2.75) is 111 Å². The van der Waals surface area contributed by atoms with Gasteiger partial charge in [-0.2, -0.15) is 4.31 Å². The molecule has 2 aromatic carbocycles. The number of hydrogen-bond donors (Lipinski definition) is 1. The predicted octanol–water partition coefficient (Wildman–Crippen LogP) is 7.14. The van der Waals surface area contributed by atoms with Gasteiger partial charge >= 0.3 is 12.2 Å². The maximum atomic E-state index is 14.1. The Kier molecular flexibility index (Phi) is 15.7. The summed E-state index contributed by atoms with van der Waals surface area (Å²) < 4.78 is 46.5. The Balaban J connectivity index is 2.10. The molecule has 0 unspecified atom stereocenters. The number of alkyl carbamates (subject to hydrolysis) is 1. The molecule has 0 atom stereocenters. The summed E-state index contributed by atoms with van der Waals surface area (Å²) in [5.41, 5.74) is 2.23. The Morgan fingerprint density at radius 2 is 1.34 bits per heavy atom. The number of hydrogen-bond acceptors (Lipinski definition) is 7. The zero-order valence-corrected chi connectivity index (χ0v) is 30.8. The van der Waals surface area contributed by atoms with Crippen LogP contribution in [0.3, 0.4) is 0 Å². The number of benzene rings is 2. The number of nitrogens with one attached hydrogen (secondary N) is 1. The van der Waals surface area contributed by atoms with E-state index in [4.69, 9.17) is 14.2 Å². The summed E-state index contributed by atoms with van der Waals surface area (Å²) >= 11 is 0. The van der Waals surface area contributed by atoms with Gasteiger partial charge in [0, 0.05) is 39.3 Å². The summed E-state index contributed by atoms with van der Waals surface area (Å²) in [7, 11) is -3.81. The Bertz CT molecular complexity index is 1360. The van der Waals surface area contributed by atoms with Gasteiger partial charge in [0.2, 0.25) is 10.0 Å². The minimum Gasteiger partial charge on any atom is -0.444 e. The molecular weight excluding hydrogens is 618 g/mol. The van der Waals surface area contributed by atoms with E-state index in [-0.39, 0.29) is 6.54 Å². The number of amides is 2. The van der Waals surface area contributed by atoms with E-state index in [1.54, 1.807) is 46.4 Å². The first-order chi connectivity index (χ1) is 21.9. The van der Waals surface area contributed by atoms with Gasteiger partial charge in [0.1, 0.15) is 11.2 Å². The largest absolute Gasteiger partial charge is 0.444 e. The first kappa shape index (κ1) is 40.0. The molecule has 0 spiro atoms. The topological polar surface area (TPSA) is 114 Å². The van der Waals surface area contributed by atoms with Gasteiger partial charge < -0.3 is 24.4 Å². The number of carbonyl (C=O) groups excluding carboxylic acids is 2.